The monoisotopic (exact) mass is 525 g/mol. The maximum Gasteiger partial charge on any atom is 0.256 e. The number of nitrogens with zero attached hydrogens (tertiary/aromatic N) is 3. The fraction of sp³-hybridized carbons (Fsp3) is 0.375. The second-order valence-electron chi connectivity index (χ2n) is 10.4. The van der Waals surface area contributed by atoms with Crippen molar-refractivity contribution in [2.45, 2.75) is 59.3 Å². The van der Waals surface area contributed by atoms with Crippen molar-refractivity contribution in [3.05, 3.63) is 89.7 Å². The third kappa shape index (κ3) is 6.36. The van der Waals surface area contributed by atoms with Gasteiger partial charge in [0.15, 0.2) is 0 Å². The molecule has 4 rings (SSSR count). The lowest BCUT2D eigenvalue weighted by atomic mass is 9.80. The molecule has 0 bridgehead atoms. The fourth-order valence-corrected chi connectivity index (χ4v) is 5.41. The van der Waals surface area contributed by atoms with E-state index in [9.17, 15) is 9.59 Å². The van der Waals surface area contributed by atoms with Gasteiger partial charge in [0.2, 0.25) is 0 Å². The first-order valence-electron chi connectivity index (χ1n) is 13.9. The molecule has 3 atom stereocenters. The van der Waals surface area contributed by atoms with E-state index in [0.29, 0.717) is 17.2 Å². The largest absolute Gasteiger partial charge is 0.382 e. The van der Waals surface area contributed by atoms with Crippen molar-refractivity contribution in [2.24, 2.45) is 28.5 Å². The van der Waals surface area contributed by atoms with Crippen LogP contribution in [0.25, 0.3) is 5.57 Å². The molecule has 1 aromatic carbocycles. The van der Waals surface area contributed by atoms with Crippen LogP contribution in [0.2, 0.25) is 0 Å². The first-order valence-corrected chi connectivity index (χ1v) is 13.9. The lowest BCUT2D eigenvalue weighted by molar-refractivity contribution is -0.112. The van der Waals surface area contributed by atoms with Gasteiger partial charge in [-0.1, -0.05) is 45.9 Å². The lowest BCUT2D eigenvalue weighted by Gasteiger charge is -2.37. The Morgan fingerprint density at radius 2 is 1.95 bits per heavy atom. The molecule has 204 valence electrons. The van der Waals surface area contributed by atoms with Crippen molar-refractivity contribution < 1.29 is 9.59 Å². The van der Waals surface area contributed by atoms with E-state index in [-0.39, 0.29) is 23.7 Å². The number of amides is 1. The summed E-state index contributed by atoms with van der Waals surface area (Å²) in [6, 6.07) is 11.4. The van der Waals surface area contributed by atoms with Crippen molar-refractivity contribution in [2.75, 3.05) is 5.32 Å². The zero-order chi connectivity index (χ0) is 27.9. The molecule has 2 heterocycles. The smallest absolute Gasteiger partial charge is 0.256 e. The quantitative estimate of drug-likeness (QED) is 0.373. The molecule has 2 aromatic rings. The van der Waals surface area contributed by atoms with Crippen LogP contribution in [0.5, 0.6) is 0 Å². The van der Waals surface area contributed by atoms with Crippen molar-refractivity contribution >= 4 is 29.4 Å². The molecule has 7 nitrogen and oxygen atoms in total. The summed E-state index contributed by atoms with van der Waals surface area (Å²) < 4.78 is 0. The summed E-state index contributed by atoms with van der Waals surface area (Å²) in [5.41, 5.74) is 12.0. The van der Waals surface area contributed by atoms with Gasteiger partial charge in [0.25, 0.3) is 5.91 Å². The Hall–Kier alpha value is -4.00. The van der Waals surface area contributed by atoms with Gasteiger partial charge in [-0.3, -0.25) is 4.79 Å². The minimum atomic E-state index is -0.209. The number of aldehydes is 1. The molecule has 1 saturated carbocycles. The number of amidine groups is 1. The van der Waals surface area contributed by atoms with Crippen LogP contribution in [-0.4, -0.2) is 27.9 Å². The van der Waals surface area contributed by atoms with Crippen LogP contribution in [0, 0.1) is 17.8 Å². The van der Waals surface area contributed by atoms with Crippen LogP contribution in [0.1, 0.15) is 74.4 Å². The van der Waals surface area contributed by atoms with Crippen molar-refractivity contribution in [1.29, 1.82) is 0 Å². The number of carbonyl (C=O) groups is 2. The van der Waals surface area contributed by atoms with E-state index in [0.717, 1.165) is 72.9 Å². The van der Waals surface area contributed by atoms with Gasteiger partial charge >= 0.3 is 0 Å². The molecule has 39 heavy (non-hydrogen) atoms. The Bertz CT molecular complexity index is 1310. The SMILES string of the molecule is C=C(C1CCCC(C=O)C1)N1C=CN=C(N)/C1=C(\c1ccc(C(=O)Nc2cc(CC)ccn2)cc1)C(C)CC. The summed E-state index contributed by atoms with van der Waals surface area (Å²) in [5, 5.41) is 2.90. The number of carbonyl (C=O) groups excluding carboxylic acids is 2. The molecule has 0 spiro atoms. The van der Waals surface area contributed by atoms with E-state index < -0.39 is 0 Å². The molecule has 1 fully saturated rings. The molecule has 0 radical (unpaired) electrons. The van der Waals surface area contributed by atoms with Gasteiger partial charge in [-0.05, 0) is 84.9 Å². The molecule has 1 aliphatic heterocycles. The van der Waals surface area contributed by atoms with Gasteiger partial charge in [-0.25, -0.2) is 9.98 Å². The third-order valence-electron chi connectivity index (χ3n) is 7.89. The third-order valence-corrected chi connectivity index (χ3v) is 7.89. The molecule has 7 heteroatoms. The summed E-state index contributed by atoms with van der Waals surface area (Å²) in [5.74, 6) is 1.20. The number of benzene rings is 1. The summed E-state index contributed by atoms with van der Waals surface area (Å²) in [7, 11) is 0. The molecular weight excluding hydrogens is 486 g/mol. The van der Waals surface area contributed by atoms with E-state index in [2.05, 4.69) is 47.5 Å². The standard InChI is InChI=1S/C32H39N5O2/c1-5-21(3)29(25-10-12-26(13-11-25)32(39)36-28-19-23(6-2)14-15-34-28)30-31(33)35-16-17-37(30)22(4)27-9-7-8-24(18-27)20-38/h10-17,19-21,24,27H,4-9,18H2,1-3H3,(H2,33,35)(H,34,36,39)/b30-29+. The number of aryl methyl sites for hydroxylation is 1. The van der Waals surface area contributed by atoms with Gasteiger partial charge in [-0.15, -0.1) is 0 Å². The summed E-state index contributed by atoms with van der Waals surface area (Å²) in [4.78, 5) is 35.2. The maximum absolute atomic E-state index is 13.0. The van der Waals surface area contributed by atoms with Crippen LogP contribution < -0.4 is 11.1 Å². The zero-order valence-corrected chi connectivity index (χ0v) is 23.2. The van der Waals surface area contributed by atoms with Crippen molar-refractivity contribution in [3.63, 3.8) is 0 Å². The Morgan fingerprint density at radius 1 is 1.21 bits per heavy atom. The van der Waals surface area contributed by atoms with Gasteiger partial charge in [-0.2, -0.15) is 0 Å². The van der Waals surface area contributed by atoms with Crippen LogP contribution in [0.3, 0.4) is 0 Å². The van der Waals surface area contributed by atoms with Crippen molar-refractivity contribution in [3.8, 4) is 0 Å². The average molecular weight is 526 g/mol. The maximum atomic E-state index is 13.0. The second kappa shape index (κ2) is 12.7. The number of aromatic nitrogens is 1. The van der Waals surface area contributed by atoms with Crippen molar-refractivity contribution in [1.82, 2.24) is 9.88 Å². The van der Waals surface area contributed by atoms with E-state index in [1.807, 2.05) is 42.6 Å². The number of anilines is 1. The lowest BCUT2D eigenvalue weighted by Crippen LogP contribution is -2.34. The Labute approximate surface area is 231 Å². The van der Waals surface area contributed by atoms with E-state index in [1.54, 1.807) is 12.4 Å². The number of allylic oxidation sites excluding steroid dienone is 2. The molecule has 3 unspecified atom stereocenters. The molecule has 1 aliphatic carbocycles. The van der Waals surface area contributed by atoms with Crippen LogP contribution in [0.4, 0.5) is 5.82 Å². The van der Waals surface area contributed by atoms with Gasteiger partial charge in [0.1, 0.15) is 17.9 Å². The summed E-state index contributed by atoms with van der Waals surface area (Å²) in [6.45, 7) is 10.8. The predicted octanol–water partition coefficient (Wildman–Crippen LogP) is 6.32. The van der Waals surface area contributed by atoms with E-state index in [1.165, 1.54) is 0 Å². The number of nitrogens with one attached hydrogen (secondary N) is 1. The first kappa shape index (κ1) is 28.0. The van der Waals surface area contributed by atoms with Gasteiger partial charge in [0, 0.05) is 35.8 Å². The normalized spacial score (nSPS) is 21.1. The Morgan fingerprint density at radius 3 is 2.64 bits per heavy atom. The van der Waals surface area contributed by atoms with Crippen LogP contribution in [-0.2, 0) is 11.2 Å². The van der Waals surface area contributed by atoms with Crippen LogP contribution in [0.15, 0.2) is 78.0 Å². The number of nitrogens with two attached hydrogens (primary N) is 1. The van der Waals surface area contributed by atoms with Gasteiger partial charge < -0.3 is 20.7 Å². The van der Waals surface area contributed by atoms with E-state index in [4.69, 9.17) is 5.73 Å². The highest BCUT2D eigenvalue weighted by Gasteiger charge is 2.31. The highest BCUT2D eigenvalue weighted by Crippen LogP contribution is 2.39. The predicted molar refractivity (Wildman–Crippen MR) is 158 cm³/mol. The minimum absolute atomic E-state index is 0.0695. The molecule has 1 amide bonds. The first-order chi connectivity index (χ1) is 18.9. The minimum Gasteiger partial charge on any atom is -0.382 e. The van der Waals surface area contributed by atoms with E-state index >= 15 is 0 Å². The highest BCUT2D eigenvalue weighted by atomic mass is 16.1. The summed E-state index contributed by atoms with van der Waals surface area (Å²) in [6.07, 6.45) is 11.9. The Balaban J connectivity index is 1.66. The number of hydrogen-bond acceptors (Lipinski definition) is 6. The van der Waals surface area contributed by atoms with Crippen LogP contribution >= 0.6 is 0 Å². The second-order valence-corrected chi connectivity index (χ2v) is 10.4. The van der Waals surface area contributed by atoms with Gasteiger partial charge in [0.05, 0.1) is 5.70 Å². The number of aliphatic imine (C=N–C) groups is 1. The molecule has 1 aromatic heterocycles. The molecule has 2 aliphatic rings. The number of rotatable bonds is 9. The molecule has 3 N–H and O–H groups in total. The zero-order valence-electron chi connectivity index (χ0n) is 23.2. The number of hydrogen-bond donors (Lipinski definition) is 2. The molecule has 0 saturated heterocycles. The number of pyridine rings is 1. The molecular formula is C32H39N5O2. The fourth-order valence-electron chi connectivity index (χ4n) is 5.41. The highest BCUT2D eigenvalue weighted by molar-refractivity contribution is 6.06. The summed E-state index contributed by atoms with van der Waals surface area (Å²) >= 11 is 0. The average Bonchev–Trinajstić information content (AvgIpc) is 2.98. The Kier molecular flexibility index (Phi) is 9.12. The topological polar surface area (TPSA) is 101 Å².